The molecule has 0 unspecified atom stereocenters. The number of nitrogens with two attached hydrogens (primary N) is 1. The van der Waals surface area contributed by atoms with E-state index in [1.807, 2.05) is 0 Å². The third kappa shape index (κ3) is 1.63. The van der Waals surface area contributed by atoms with Crippen molar-refractivity contribution in [3.05, 3.63) is 33.8 Å². The average molecular weight is 355 g/mol. The second-order valence-electron chi connectivity index (χ2n) is 3.44. The van der Waals surface area contributed by atoms with Crippen molar-refractivity contribution in [3.8, 4) is 5.82 Å². The van der Waals surface area contributed by atoms with Crippen LogP contribution in [0.5, 0.6) is 0 Å². The fourth-order valence-corrected chi connectivity index (χ4v) is 2.29. The monoisotopic (exact) mass is 355 g/mol. The fourth-order valence-electron chi connectivity index (χ4n) is 1.56. The van der Waals surface area contributed by atoms with E-state index >= 15 is 0 Å². The van der Waals surface area contributed by atoms with Crippen molar-refractivity contribution < 1.29 is 4.73 Å². The maximum atomic E-state index is 11.0. The van der Waals surface area contributed by atoms with Crippen LogP contribution in [-0.2, 0) is 0 Å². The predicted octanol–water partition coefficient (Wildman–Crippen LogP) is 0.0307. The van der Waals surface area contributed by atoms with Gasteiger partial charge in [0.15, 0.2) is 5.65 Å². The molecule has 0 aliphatic heterocycles. The van der Waals surface area contributed by atoms with Gasteiger partial charge >= 0.3 is 0 Å². The molecule has 0 atom stereocenters. The third-order valence-corrected chi connectivity index (χ3v) is 3.10. The van der Waals surface area contributed by atoms with E-state index in [4.69, 9.17) is 5.73 Å². The van der Waals surface area contributed by atoms with Crippen LogP contribution in [-0.4, -0.2) is 24.7 Å². The van der Waals surface area contributed by atoms with E-state index in [1.165, 1.54) is 17.2 Å². The number of aromatic nitrogens is 6. The van der Waals surface area contributed by atoms with Crippen LogP contribution in [0, 0.1) is 8.91 Å². The highest BCUT2D eigenvalue weighted by Crippen LogP contribution is 2.23. The number of anilines is 1. The van der Waals surface area contributed by atoms with Crippen molar-refractivity contribution in [3.63, 3.8) is 0 Å². The topological polar surface area (TPSA) is 109 Å². The molecule has 0 aliphatic rings. The van der Waals surface area contributed by atoms with Crippen LogP contribution in [0.25, 0.3) is 16.9 Å². The molecule has 0 saturated carbocycles. The van der Waals surface area contributed by atoms with Crippen molar-refractivity contribution in [2.75, 3.05) is 5.73 Å². The zero-order chi connectivity index (χ0) is 12.7. The number of hydrogen-bond acceptors (Lipinski definition) is 6. The minimum absolute atomic E-state index is 0.366. The molecule has 0 fully saturated rings. The van der Waals surface area contributed by atoms with Gasteiger partial charge in [0.25, 0.3) is 12.1 Å². The molecule has 3 aromatic heterocycles. The van der Waals surface area contributed by atoms with Crippen LogP contribution in [0.3, 0.4) is 0 Å². The highest BCUT2D eigenvalue weighted by molar-refractivity contribution is 14.1. The second-order valence-corrected chi connectivity index (χ2v) is 4.46. The molecular formula is C9H6IN7O. The molecule has 90 valence electrons. The molecular weight excluding hydrogens is 349 g/mol. The van der Waals surface area contributed by atoms with Crippen LogP contribution in [0.4, 0.5) is 5.82 Å². The fraction of sp³-hybridized carbons (Fsp3) is 0. The SMILES string of the molecule is Nc1ncnc2c1c(I)nn2-c1cc[n+]([O-])cn1. The van der Waals surface area contributed by atoms with Crippen molar-refractivity contribution in [2.24, 2.45) is 0 Å². The van der Waals surface area contributed by atoms with Gasteiger partial charge in [-0.15, -0.1) is 0 Å². The lowest BCUT2D eigenvalue weighted by molar-refractivity contribution is -0.608. The Morgan fingerprint density at radius 3 is 2.89 bits per heavy atom. The number of nitrogens with zero attached hydrogens (tertiary/aromatic N) is 6. The molecule has 0 radical (unpaired) electrons. The van der Waals surface area contributed by atoms with Gasteiger partial charge in [0.05, 0.1) is 11.6 Å². The molecule has 0 spiro atoms. The molecule has 0 amide bonds. The van der Waals surface area contributed by atoms with Crippen LogP contribution < -0.4 is 10.5 Å². The van der Waals surface area contributed by atoms with Crippen LogP contribution in [0.1, 0.15) is 0 Å². The normalized spacial score (nSPS) is 10.9. The van der Waals surface area contributed by atoms with Crippen LogP contribution in [0.15, 0.2) is 24.9 Å². The Hall–Kier alpha value is -2.04. The summed E-state index contributed by atoms with van der Waals surface area (Å²) in [5.74, 6) is 0.860. The minimum Gasteiger partial charge on any atom is -0.711 e. The summed E-state index contributed by atoms with van der Waals surface area (Å²) in [6, 6.07) is 1.55. The molecule has 2 N–H and O–H groups in total. The van der Waals surface area contributed by atoms with Gasteiger partial charge in [0.2, 0.25) is 0 Å². The average Bonchev–Trinajstić information content (AvgIpc) is 2.69. The van der Waals surface area contributed by atoms with Crippen LogP contribution in [0.2, 0.25) is 0 Å². The number of fused-ring (bicyclic) bond motifs is 1. The van der Waals surface area contributed by atoms with E-state index < -0.39 is 0 Å². The van der Waals surface area contributed by atoms with Gasteiger partial charge < -0.3 is 10.9 Å². The summed E-state index contributed by atoms with van der Waals surface area (Å²) >= 11 is 2.05. The maximum absolute atomic E-state index is 11.0. The Balaban J connectivity index is 2.30. The van der Waals surface area contributed by atoms with Crippen molar-refractivity contribution in [1.82, 2.24) is 24.7 Å². The minimum atomic E-state index is 0.366. The van der Waals surface area contributed by atoms with E-state index in [9.17, 15) is 5.21 Å². The molecule has 0 aliphatic carbocycles. The molecule has 0 aromatic carbocycles. The standard InChI is InChI=1S/C9H6IN7O/c10-7-6-8(11)12-3-13-9(6)17(15-7)5-1-2-16(18)4-14-5/h1-4H,(H2,11,12,13). The second kappa shape index (κ2) is 4.01. The first kappa shape index (κ1) is 11.1. The summed E-state index contributed by atoms with van der Waals surface area (Å²) in [7, 11) is 0. The molecule has 18 heavy (non-hydrogen) atoms. The predicted molar refractivity (Wildman–Crippen MR) is 70.5 cm³/mol. The lowest BCUT2D eigenvalue weighted by Gasteiger charge is -1.99. The Kier molecular flexibility index (Phi) is 2.47. The van der Waals surface area contributed by atoms with Gasteiger partial charge in [-0.05, 0) is 27.6 Å². The lowest BCUT2D eigenvalue weighted by Crippen LogP contribution is -2.25. The first-order valence-corrected chi connectivity index (χ1v) is 5.94. The molecule has 8 nitrogen and oxygen atoms in total. The van der Waals surface area contributed by atoms with Gasteiger partial charge in [-0.1, -0.05) is 0 Å². The van der Waals surface area contributed by atoms with E-state index in [-0.39, 0.29) is 0 Å². The Labute approximate surface area is 114 Å². The molecule has 3 rings (SSSR count). The summed E-state index contributed by atoms with van der Waals surface area (Å²) in [4.78, 5) is 12.1. The summed E-state index contributed by atoms with van der Waals surface area (Å²) in [5, 5.41) is 15.9. The Bertz CT molecular complexity index is 724. The molecule has 3 heterocycles. The number of rotatable bonds is 1. The first-order chi connectivity index (χ1) is 8.66. The van der Waals surface area contributed by atoms with E-state index in [2.05, 4.69) is 42.6 Å². The number of halogens is 1. The number of hydrogen-bond donors (Lipinski definition) is 1. The van der Waals surface area contributed by atoms with Crippen LogP contribution >= 0.6 is 22.6 Å². The van der Waals surface area contributed by atoms with E-state index in [0.29, 0.717) is 31.1 Å². The Morgan fingerprint density at radius 2 is 2.17 bits per heavy atom. The molecule has 3 aromatic rings. The molecule has 0 bridgehead atoms. The zero-order valence-corrected chi connectivity index (χ0v) is 11.0. The molecule has 9 heteroatoms. The zero-order valence-electron chi connectivity index (χ0n) is 8.86. The lowest BCUT2D eigenvalue weighted by atomic mass is 10.4. The van der Waals surface area contributed by atoms with Crippen molar-refractivity contribution in [2.45, 2.75) is 0 Å². The summed E-state index contributed by atoms with van der Waals surface area (Å²) < 4.78 is 2.81. The quantitative estimate of drug-likeness (QED) is 0.375. The third-order valence-electron chi connectivity index (χ3n) is 2.34. The smallest absolute Gasteiger partial charge is 0.291 e. The van der Waals surface area contributed by atoms with Crippen molar-refractivity contribution in [1.29, 1.82) is 0 Å². The van der Waals surface area contributed by atoms with Gasteiger partial charge in [0.1, 0.15) is 15.8 Å². The highest BCUT2D eigenvalue weighted by Gasteiger charge is 2.17. The van der Waals surface area contributed by atoms with Gasteiger partial charge in [-0.2, -0.15) is 9.78 Å². The van der Waals surface area contributed by atoms with E-state index in [0.717, 1.165) is 6.33 Å². The van der Waals surface area contributed by atoms with Gasteiger partial charge in [0, 0.05) is 6.07 Å². The first-order valence-electron chi connectivity index (χ1n) is 4.86. The molecule has 0 saturated heterocycles. The largest absolute Gasteiger partial charge is 0.711 e. The highest BCUT2D eigenvalue weighted by atomic mass is 127. The van der Waals surface area contributed by atoms with Gasteiger partial charge in [-0.3, -0.25) is 0 Å². The Morgan fingerprint density at radius 1 is 1.33 bits per heavy atom. The summed E-state index contributed by atoms with van der Waals surface area (Å²) in [6.07, 6.45) is 3.86. The summed E-state index contributed by atoms with van der Waals surface area (Å²) in [5.41, 5.74) is 6.35. The maximum Gasteiger partial charge on any atom is 0.291 e. The summed E-state index contributed by atoms with van der Waals surface area (Å²) in [6.45, 7) is 0. The number of nitrogen functional groups attached to an aromatic ring is 1. The van der Waals surface area contributed by atoms with Gasteiger partial charge in [-0.25, -0.2) is 14.7 Å². The van der Waals surface area contributed by atoms with Crippen molar-refractivity contribution >= 4 is 39.4 Å². The van der Waals surface area contributed by atoms with E-state index in [1.54, 1.807) is 6.07 Å².